The third-order valence-electron chi connectivity index (χ3n) is 5.60. The first-order chi connectivity index (χ1) is 16.5. The molecule has 0 aliphatic carbocycles. The van der Waals surface area contributed by atoms with Crippen LogP contribution in [0.4, 0.5) is 24.5 Å². The molecule has 3 rings (SSSR count). The van der Waals surface area contributed by atoms with E-state index in [1.165, 1.54) is 12.1 Å². The zero-order valence-electron chi connectivity index (χ0n) is 20.3. The number of halogens is 3. The third kappa shape index (κ3) is 7.36. The smallest absolute Gasteiger partial charge is 0.478 e. The van der Waals surface area contributed by atoms with Crippen LogP contribution in [0.25, 0.3) is 0 Å². The van der Waals surface area contributed by atoms with E-state index in [-0.39, 0.29) is 10.5 Å². The van der Waals surface area contributed by atoms with Crippen molar-refractivity contribution < 1.29 is 41.4 Å². The Labute approximate surface area is 207 Å². The van der Waals surface area contributed by atoms with Crippen LogP contribution in [0.15, 0.2) is 35.2 Å². The molecule has 12 heteroatoms. The van der Waals surface area contributed by atoms with E-state index in [0.717, 1.165) is 31.5 Å². The highest BCUT2D eigenvalue weighted by Gasteiger charge is 2.38. The molecule has 2 aromatic carbocycles. The highest BCUT2D eigenvalue weighted by molar-refractivity contribution is 7.92. The van der Waals surface area contributed by atoms with Crippen molar-refractivity contribution in [1.82, 2.24) is 0 Å². The molecule has 0 bridgehead atoms. The van der Waals surface area contributed by atoms with E-state index in [1.807, 2.05) is 19.1 Å². The number of hydrogen-bond donors (Lipinski definition) is 3. The van der Waals surface area contributed by atoms with E-state index in [0.29, 0.717) is 28.4 Å². The number of piperidine rings is 1. The van der Waals surface area contributed by atoms with Crippen molar-refractivity contribution >= 4 is 33.3 Å². The van der Waals surface area contributed by atoms with Crippen LogP contribution >= 0.6 is 0 Å². The predicted octanol–water partition coefficient (Wildman–Crippen LogP) is 4.98. The molecule has 0 aromatic heterocycles. The lowest BCUT2D eigenvalue weighted by atomic mass is 9.99. The van der Waals surface area contributed by atoms with E-state index < -0.39 is 28.1 Å². The van der Waals surface area contributed by atoms with Crippen molar-refractivity contribution in [3.8, 4) is 0 Å². The molecule has 3 N–H and O–H groups in total. The number of rotatable bonds is 5. The maximum Gasteiger partial charge on any atom is 0.490 e. The second kappa shape index (κ2) is 11.2. The van der Waals surface area contributed by atoms with Gasteiger partial charge in [0, 0.05) is 13.1 Å². The maximum absolute atomic E-state index is 13.3. The Morgan fingerprint density at radius 1 is 1.06 bits per heavy atom. The molecule has 1 atom stereocenters. The number of sulfonamides is 1. The van der Waals surface area contributed by atoms with Gasteiger partial charge >= 0.3 is 18.1 Å². The lowest BCUT2D eigenvalue weighted by Gasteiger charge is -2.34. The van der Waals surface area contributed by atoms with E-state index in [1.54, 1.807) is 19.9 Å². The van der Waals surface area contributed by atoms with Gasteiger partial charge in [-0.15, -0.1) is 0 Å². The van der Waals surface area contributed by atoms with Crippen LogP contribution in [-0.4, -0.2) is 49.8 Å². The zero-order valence-corrected chi connectivity index (χ0v) is 21.1. The maximum atomic E-state index is 13.3. The largest absolute Gasteiger partial charge is 0.490 e. The lowest BCUT2D eigenvalue weighted by Crippen LogP contribution is -2.35. The van der Waals surface area contributed by atoms with Crippen LogP contribution in [0, 0.1) is 26.7 Å². The summed E-state index contributed by atoms with van der Waals surface area (Å²) in [6.45, 7) is 9.26. The van der Waals surface area contributed by atoms with Gasteiger partial charge in [0.25, 0.3) is 10.0 Å². The summed E-state index contributed by atoms with van der Waals surface area (Å²) in [7, 11) is -3.88. The Bertz CT molecular complexity index is 1220. The first-order valence-corrected chi connectivity index (χ1v) is 12.5. The Morgan fingerprint density at radius 3 is 2.08 bits per heavy atom. The van der Waals surface area contributed by atoms with Gasteiger partial charge < -0.3 is 15.1 Å². The average Bonchev–Trinajstić information content (AvgIpc) is 2.72. The van der Waals surface area contributed by atoms with Crippen LogP contribution in [0.5, 0.6) is 0 Å². The van der Waals surface area contributed by atoms with E-state index in [2.05, 4.69) is 16.5 Å². The Balaban J connectivity index is 0.000000572. The van der Waals surface area contributed by atoms with Crippen molar-refractivity contribution in [2.24, 2.45) is 5.92 Å². The minimum Gasteiger partial charge on any atom is -0.478 e. The SMILES string of the molecule is Cc1cc(C)c(S(=O)(=O)Nc2cc(C(=O)O)ccc2N2CCCC(C)C2)c(C)c1.O=C(O)C(F)(F)F. The quantitative estimate of drug-likeness (QED) is 0.498. The number of aromatic carboxylic acids is 1. The fourth-order valence-corrected chi connectivity index (χ4v) is 5.74. The summed E-state index contributed by atoms with van der Waals surface area (Å²) in [5.74, 6) is -3.35. The first kappa shape index (κ1) is 29.0. The van der Waals surface area contributed by atoms with E-state index in [4.69, 9.17) is 9.90 Å². The predicted molar refractivity (Wildman–Crippen MR) is 129 cm³/mol. The van der Waals surface area contributed by atoms with Gasteiger partial charge in [0.1, 0.15) is 0 Å². The van der Waals surface area contributed by atoms with E-state index >= 15 is 0 Å². The molecule has 8 nitrogen and oxygen atoms in total. The van der Waals surface area contributed by atoms with Gasteiger partial charge in [0.15, 0.2) is 0 Å². The summed E-state index contributed by atoms with van der Waals surface area (Å²) in [6, 6.07) is 8.31. The van der Waals surface area contributed by atoms with E-state index in [9.17, 15) is 31.5 Å². The number of carboxylic acid groups (broad SMARTS) is 2. The number of nitrogens with one attached hydrogen (secondary N) is 1. The molecule has 0 radical (unpaired) electrons. The van der Waals surface area contributed by atoms with Crippen molar-refractivity contribution in [2.75, 3.05) is 22.7 Å². The molecule has 0 spiro atoms. The molecule has 2 aromatic rings. The number of hydrogen-bond acceptors (Lipinski definition) is 5. The summed E-state index contributed by atoms with van der Waals surface area (Å²) in [4.78, 5) is 22.7. The van der Waals surface area contributed by atoms with Crippen LogP contribution in [0.1, 0.15) is 46.8 Å². The van der Waals surface area contributed by atoms with Gasteiger partial charge in [0.2, 0.25) is 0 Å². The molecule has 1 fully saturated rings. The number of aryl methyl sites for hydroxylation is 3. The topological polar surface area (TPSA) is 124 Å². The molecule has 1 aliphatic heterocycles. The van der Waals surface area contributed by atoms with Crippen LogP contribution in [0.3, 0.4) is 0 Å². The molecule has 1 aliphatic rings. The number of aliphatic carboxylic acids is 1. The number of anilines is 2. The fourth-order valence-electron chi connectivity index (χ4n) is 4.22. The van der Waals surface area contributed by atoms with Gasteiger partial charge in [-0.2, -0.15) is 13.2 Å². The molecule has 1 saturated heterocycles. The van der Waals surface area contributed by atoms with Crippen molar-refractivity contribution in [1.29, 1.82) is 0 Å². The molecule has 0 amide bonds. The number of carbonyl (C=O) groups is 2. The summed E-state index contributed by atoms with van der Waals surface area (Å²) in [5.41, 5.74) is 3.39. The van der Waals surface area contributed by atoms with Gasteiger partial charge in [-0.3, -0.25) is 4.72 Å². The summed E-state index contributed by atoms with van der Waals surface area (Å²) < 4.78 is 60.9. The van der Waals surface area contributed by atoms with Crippen molar-refractivity contribution in [2.45, 2.75) is 51.6 Å². The Hall–Kier alpha value is -3.28. The molecular formula is C24H29F3N2O6S. The summed E-state index contributed by atoms with van der Waals surface area (Å²) >= 11 is 0. The monoisotopic (exact) mass is 530 g/mol. The Kier molecular flexibility index (Phi) is 9.00. The van der Waals surface area contributed by atoms with Gasteiger partial charge in [-0.25, -0.2) is 18.0 Å². The fraction of sp³-hybridized carbons (Fsp3) is 0.417. The second-order valence-electron chi connectivity index (χ2n) is 8.87. The lowest BCUT2D eigenvalue weighted by molar-refractivity contribution is -0.192. The minimum absolute atomic E-state index is 0.0499. The standard InChI is InChI=1S/C22H28N2O4S.C2HF3O2/c1-14-6-5-9-24(13-14)20-8-7-18(22(25)26)12-19(20)23-29(27,28)21-16(3)10-15(2)11-17(21)4;3-2(4,5)1(6)7/h7-8,10-12,14,23H,5-6,9,13H2,1-4H3,(H,25,26);(H,6,7). The normalized spacial score (nSPS) is 16.1. The average molecular weight is 531 g/mol. The second-order valence-corrected chi connectivity index (χ2v) is 10.5. The number of nitrogens with zero attached hydrogens (tertiary/aromatic N) is 1. The third-order valence-corrected chi connectivity index (χ3v) is 7.27. The molecule has 1 unspecified atom stereocenters. The van der Waals surface area contributed by atoms with Gasteiger partial charge in [0.05, 0.1) is 21.8 Å². The van der Waals surface area contributed by atoms with Gasteiger partial charge in [-0.1, -0.05) is 24.6 Å². The number of alkyl halides is 3. The summed E-state index contributed by atoms with van der Waals surface area (Å²) in [5, 5.41) is 16.5. The van der Waals surface area contributed by atoms with Gasteiger partial charge in [-0.05, 0) is 68.9 Å². The minimum atomic E-state index is -5.08. The molecule has 0 saturated carbocycles. The van der Waals surface area contributed by atoms with Crippen molar-refractivity contribution in [3.63, 3.8) is 0 Å². The van der Waals surface area contributed by atoms with Crippen LogP contribution in [-0.2, 0) is 14.8 Å². The molecule has 36 heavy (non-hydrogen) atoms. The first-order valence-electron chi connectivity index (χ1n) is 11.1. The number of benzene rings is 2. The van der Waals surface area contributed by atoms with Crippen LogP contribution < -0.4 is 9.62 Å². The Morgan fingerprint density at radius 2 is 1.61 bits per heavy atom. The van der Waals surface area contributed by atoms with Crippen molar-refractivity contribution in [3.05, 3.63) is 52.6 Å². The molecular weight excluding hydrogens is 501 g/mol. The molecule has 198 valence electrons. The number of carboxylic acids is 2. The van der Waals surface area contributed by atoms with Crippen LogP contribution in [0.2, 0.25) is 0 Å². The summed E-state index contributed by atoms with van der Waals surface area (Å²) in [6.07, 6.45) is -2.93. The highest BCUT2D eigenvalue weighted by atomic mass is 32.2. The zero-order chi connectivity index (χ0) is 27.4. The highest BCUT2D eigenvalue weighted by Crippen LogP contribution is 2.33. The molecule has 1 heterocycles.